The van der Waals surface area contributed by atoms with E-state index in [0.29, 0.717) is 23.7 Å². The maximum atomic E-state index is 6.01. The molecule has 0 saturated heterocycles. The summed E-state index contributed by atoms with van der Waals surface area (Å²) in [4.78, 5) is 0. The second kappa shape index (κ2) is 6.52. The number of benzene rings is 2. The molecule has 0 atom stereocenters. The van der Waals surface area contributed by atoms with Crippen LogP contribution < -0.4 is 20.5 Å². The molecule has 4 nitrogen and oxygen atoms in total. The van der Waals surface area contributed by atoms with E-state index < -0.39 is 0 Å². The van der Waals surface area contributed by atoms with Gasteiger partial charge in [0.25, 0.3) is 0 Å². The molecule has 0 unspecified atom stereocenters. The van der Waals surface area contributed by atoms with Crippen LogP contribution in [-0.4, -0.2) is 14.2 Å². The fourth-order valence-corrected chi connectivity index (χ4v) is 2.34. The first-order valence-corrected chi connectivity index (χ1v) is 6.93. The molecule has 2 aromatic carbocycles. The van der Waals surface area contributed by atoms with Crippen molar-refractivity contribution in [3.8, 4) is 11.5 Å². The first-order chi connectivity index (χ1) is 9.63. The number of hydrogen-bond donors (Lipinski definition) is 2. The van der Waals surface area contributed by atoms with Gasteiger partial charge in [0.2, 0.25) is 0 Å². The van der Waals surface area contributed by atoms with Crippen molar-refractivity contribution in [2.75, 3.05) is 25.3 Å². The number of nitrogens with one attached hydrogen (secondary N) is 1. The molecule has 0 fully saturated rings. The Labute approximate surface area is 127 Å². The molecule has 0 amide bonds. The lowest BCUT2D eigenvalue weighted by Crippen LogP contribution is -2.03. The molecule has 106 valence electrons. The van der Waals surface area contributed by atoms with E-state index in [1.54, 1.807) is 20.3 Å². The Morgan fingerprint density at radius 3 is 2.45 bits per heavy atom. The number of anilines is 2. The summed E-state index contributed by atoms with van der Waals surface area (Å²) in [6, 6.07) is 11.7. The van der Waals surface area contributed by atoms with E-state index in [1.165, 1.54) is 0 Å². The van der Waals surface area contributed by atoms with Crippen LogP contribution in [0, 0.1) is 0 Å². The van der Waals surface area contributed by atoms with Gasteiger partial charge in [-0.3, -0.25) is 0 Å². The molecule has 5 heteroatoms. The second-order valence-corrected chi connectivity index (χ2v) is 5.19. The highest BCUT2D eigenvalue weighted by atomic mass is 79.9. The van der Waals surface area contributed by atoms with E-state index in [9.17, 15) is 0 Å². The van der Waals surface area contributed by atoms with Crippen LogP contribution in [0.5, 0.6) is 11.5 Å². The summed E-state index contributed by atoms with van der Waals surface area (Å²) in [5.74, 6) is 1.27. The predicted molar refractivity (Wildman–Crippen MR) is 85.4 cm³/mol. The van der Waals surface area contributed by atoms with Crippen molar-refractivity contribution in [1.82, 2.24) is 0 Å². The van der Waals surface area contributed by atoms with Gasteiger partial charge >= 0.3 is 0 Å². The maximum Gasteiger partial charge on any atom is 0.162 e. The third kappa shape index (κ3) is 3.36. The molecule has 0 spiro atoms. The summed E-state index contributed by atoms with van der Waals surface area (Å²) in [5.41, 5.74) is 8.61. The monoisotopic (exact) mass is 336 g/mol. The van der Waals surface area contributed by atoms with Gasteiger partial charge in [0.15, 0.2) is 11.5 Å². The second-order valence-electron chi connectivity index (χ2n) is 4.28. The maximum absolute atomic E-state index is 6.01. The van der Waals surface area contributed by atoms with Gasteiger partial charge in [-0.05, 0) is 17.7 Å². The lowest BCUT2D eigenvalue weighted by atomic mass is 10.2. The number of nitrogen functional groups attached to an aromatic ring is 1. The quantitative estimate of drug-likeness (QED) is 0.818. The molecule has 0 aliphatic carbocycles. The number of hydrogen-bond acceptors (Lipinski definition) is 4. The van der Waals surface area contributed by atoms with Gasteiger partial charge in [-0.15, -0.1) is 0 Å². The van der Waals surface area contributed by atoms with Gasteiger partial charge in [0.1, 0.15) is 0 Å². The van der Waals surface area contributed by atoms with Crippen LogP contribution in [0.3, 0.4) is 0 Å². The summed E-state index contributed by atoms with van der Waals surface area (Å²) in [7, 11) is 3.19. The molecule has 2 rings (SSSR count). The van der Waals surface area contributed by atoms with Crippen LogP contribution in [0.4, 0.5) is 11.4 Å². The molecule has 0 aliphatic heterocycles. The fourth-order valence-electron chi connectivity index (χ4n) is 1.89. The van der Waals surface area contributed by atoms with Gasteiger partial charge in [-0.1, -0.05) is 28.1 Å². The summed E-state index contributed by atoms with van der Waals surface area (Å²) in [6.45, 7) is 0.680. The van der Waals surface area contributed by atoms with Gasteiger partial charge in [0.05, 0.1) is 25.6 Å². The lowest BCUT2D eigenvalue weighted by molar-refractivity contribution is 0.355. The van der Waals surface area contributed by atoms with Crippen LogP contribution in [0.1, 0.15) is 5.56 Å². The molecule has 0 aliphatic rings. The van der Waals surface area contributed by atoms with E-state index in [4.69, 9.17) is 15.2 Å². The van der Waals surface area contributed by atoms with Crippen LogP contribution in [0.25, 0.3) is 0 Å². The van der Waals surface area contributed by atoms with E-state index in [1.807, 2.05) is 18.2 Å². The van der Waals surface area contributed by atoms with Crippen molar-refractivity contribution in [3.05, 3.63) is 46.4 Å². The highest BCUT2D eigenvalue weighted by Crippen LogP contribution is 2.35. The van der Waals surface area contributed by atoms with Crippen molar-refractivity contribution in [2.45, 2.75) is 6.54 Å². The van der Waals surface area contributed by atoms with Crippen molar-refractivity contribution < 1.29 is 9.47 Å². The van der Waals surface area contributed by atoms with Gasteiger partial charge < -0.3 is 20.5 Å². The van der Waals surface area contributed by atoms with E-state index in [-0.39, 0.29) is 0 Å². The molecule has 0 aromatic heterocycles. The molecule has 0 bridgehead atoms. The number of rotatable bonds is 5. The predicted octanol–water partition coefficient (Wildman–Crippen LogP) is 3.66. The molecule has 0 radical (unpaired) electrons. The Bertz CT molecular complexity index is 602. The summed E-state index contributed by atoms with van der Waals surface area (Å²) < 4.78 is 11.5. The third-order valence-electron chi connectivity index (χ3n) is 2.93. The smallest absolute Gasteiger partial charge is 0.162 e. The minimum Gasteiger partial charge on any atom is -0.493 e. The van der Waals surface area contributed by atoms with Crippen LogP contribution in [-0.2, 0) is 6.54 Å². The average molecular weight is 337 g/mol. The van der Waals surface area contributed by atoms with Gasteiger partial charge in [0, 0.05) is 23.2 Å². The Hall–Kier alpha value is -1.88. The van der Waals surface area contributed by atoms with E-state index in [0.717, 1.165) is 15.7 Å². The third-order valence-corrected chi connectivity index (χ3v) is 3.42. The largest absolute Gasteiger partial charge is 0.493 e. The molecule has 2 aromatic rings. The minimum absolute atomic E-state index is 0.623. The first kappa shape index (κ1) is 14.5. The topological polar surface area (TPSA) is 56.5 Å². The van der Waals surface area contributed by atoms with Crippen molar-refractivity contribution >= 4 is 27.3 Å². The summed E-state index contributed by atoms with van der Waals surface area (Å²) in [5, 5.41) is 3.30. The van der Waals surface area contributed by atoms with E-state index >= 15 is 0 Å². The minimum atomic E-state index is 0.623. The van der Waals surface area contributed by atoms with Gasteiger partial charge in [-0.2, -0.15) is 0 Å². The molecule has 0 heterocycles. The molecule has 20 heavy (non-hydrogen) atoms. The van der Waals surface area contributed by atoms with Crippen molar-refractivity contribution in [1.29, 1.82) is 0 Å². The molecule has 3 N–H and O–H groups in total. The molecular formula is C15H17BrN2O2. The zero-order valence-electron chi connectivity index (χ0n) is 11.4. The Morgan fingerprint density at radius 2 is 1.80 bits per heavy atom. The Morgan fingerprint density at radius 1 is 1.10 bits per heavy atom. The van der Waals surface area contributed by atoms with Gasteiger partial charge in [-0.25, -0.2) is 0 Å². The highest BCUT2D eigenvalue weighted by Gasteiger charge is 2.08. The molecular weight excluding hydrogens is 320 g/mol. The van der Waals surface area contributed by atoms with E-state index in [2.05, 4.69) is 33.4 Å². The number of methoxy groups -OCH3 is 2. The number of halogens is 1. The van der Waals surface area contributed by atoms with Crippen molar-refractivity contribution in [2.24, 2.45) is 0 Å². The Balaban J connectivity index is 2.17. The zero-order valence-corrected chi connectivity index (χ0v) is 13.0. The molecule has 0 saturated carbocycles. The standard InChI is InChI=1S/C15H17BrN2O2/c1-19-14-7-12(17)13(8-15(14)20-2)18-9-10-4-3-5-11(16)6-10/h3-8,18H,9,17H2,1-2H3. The first-order valence-electron chi connectivity index (χ1n) is 6.14. The normalized spacial score (nSPS) is 10.2. The Kier molecular flexibility index (Phi) is 4.74. The van der Waals surface area contributed by atoms with Crippen molar-refractivity contribution in [3.63, 3.8) is 0 Å². The van der Waals surface area contributed by atoms with Crippen LogP contribution in [0.2, 0.25) is 0 Å². The van der Waals surface area contributed by atoms with Crippen LogP contribution >= 0.6 is 15.9 Å². The number of nitrogens with two attached hydrogens (primary N) is 1. The number of ether oxygens (including phenoxy) is 2. The summed E-state index contributed by atoms with van der Waals surface area (Å²) >= 11 is 3.46. The summed E-state index contributed by atoms with van der Waals surface area (Å²) in [6.07, 6.45) is 0. The average Bonchev–Trinajstić information content (AvgIpc) is 2.45. The zero-order chi connectivity index (χ0) is 14.5. The van der Waals surface area contributed by atoms with Crippen LogP contribution in [0.15, 0.2) is 40.9 Å². The fraction of sp³-hybridized carbons (Fsp3) is 0.200. The SMILES string of the molecule is COc1cc(N)c(NCc2cccc(Br)c2)cc1OC. The highest BCUT2D eigenvalue weighted by molar-refractivity contribution is 9.10. The lowest BCUT2D eigenvalue weighted by Gasteiger charge is -2.14.